The van der Waals surface area contributed by atoms with Crippen molar-refractivity contribution in [2.24, 2.45) is 11.7 Å². The quantitative estimate of drug-likeness (QED) is 0.896. The van der Waals surface area contributed by atoms with Gasteiger partial charge in [0.15, 0.2) is 0 Å². The Bertz CT molecular complexity index is 496. The first-order valence-corrected chi connectivity index (χ1v) is 7.75. The Morgan fingerprint density at radius 3 is 2.61 bits per heavy atom. The molecule has 0 saturated carbocycles. The number of hydrogen-bond donors (Lipinski definition) is 1. The number of benzene rings is 1. The van der Waals surface area contributed by atoms with Gasteiger partial charge in [0.2, 0.25) is 10.0 Å². The Labute approximate surface area is 109 Å². The average molecular weight is 268 g/mol. The molecule has 0 bridgehead atoms. The van der Waals surface area contributed by atoms with Crippen LogP contribution in [-0.2, 0) is 10.0 Å². The highest BCUT2D eigenvalue weighted by Crippen LogP contribution is 2.25. The van der Waals surface area contributed by atoms with E-state index in [9.17, 15) is 8.42 Å². The third kappa shape index (κ3) is 2.74. The minimum Gasteiger partial charge on any atom is -0.330 e. The lowest BCUT2D eigenvalue weighted by molar-refractivity contribution is 0.449. The van der Waals surface area contributed by atoms with Crippen LogP contribution in [0, 0.1) is 12.8 Å². The van der Waals surface area contributed by atoms with Crippen LogP contribution >= 0.6 is 0 Å². The molecule has 0 spiro atoms. The normalized spacial score (nSPS) is 21.3. The van der Waals surface area contributed by atoms with Gasteiger partial charge < -0.3 is 5.73 Å². The van der Waals surface area contributed by atoms with Crippen molar-refractivity contribution >= 4 is 10.0 Å². The molecule has 2 rings (SSSR count). The molecule has 0 amide bonds. The van der Waals surface area contributed by atoms with E-state index in [0.29, 0.717) is 30.4 Å². The Balaban J connectivity index is 2.15. The molecular weight excluding hydrogens is 248 g/mol. The zero-order chi connectivity index (χ0) is 13.2. The molecule has 1 aromatic rings. The van der Waals surface area contributed by atoms with Crippen molar-refractivity contribution in [2.75, 3.05) is 19.6 Å². The van der Waals surface area contributed by atoms with Crippen molar-refractivity contribution in [3.05, 3.63) is 29.8 Å². The first-order valence-electron chi connectivity index (χ1n) is 6.31. The second kappa shape index (κ2) is 5.38. The van der Waals surface area contributed by atoms with Crippen molar-refractivity contribution < 1.29 is 8.42 Å². The highest BCUT2D eigenvalue weighted by atomic mass is 32.2. The molecule has 0 aromatic heterocycles. The van der Waals surface area contributed by atoms with E-state index in [1.54, 1.807) is 16.4 Å². The number of rotatable bonds is 4. The summed E-state index contributed by atoms with van der Waals surface area (Å²) in [5, 5.41) is 0. The van der Waals surface area contributed by atoms with Crippen molar-refractivity contribution in [3.63, 3.8) is 0 Å². The number of hydrogen-bond acceptors (Lipinski definition) is 3. The molecule has 18 heavy (non-hydrogen) atoms. The molecule has 1 heterocycles. The van der Waals surface area contributed by atoms with E-state index in [1.807, 2.05) is 19.1 Å². The second-order valence-corrected chi connectivity index (χ2v) is 6.85. The Hall–Kier alpha value is -0.910. The minimum absolute atomic E-state index is 0.390. The lowest BCUT2D eigenvalue weighted by atomic mass is 10.1. The largest absolute Gasteiger partial charge is 0.330 e. The SMILES string of the molecule is Cc1ccc(S(=O)(=O)N2CCC(CCN)C2)cc1. The molecule has 1 unspecified atom stereocenters. The van der Waals surface area contributed by atoms with Gasteiger partial charge in [0.25, 0.3) is 0 Å². The van der Waals surface area contributed by atoms with Gasteiger partial charge in [-0.2, -0.15) is 4.31 Å². The maximum atomic E-state index is 12.4. The highest BCUT2D eigenvalue weighted by molar-refractivity contribution is 7.89. The molecule has 4 nitrogen and oxygen atoms in total. The maximum Gasteiger partial charge on any atom is 0.243 e. The Morgan fingerprint density at radius 2 is 2.00 bits per heavy atom. The molecule has 1 aromatic carbocycles. The predicted octanol–water partition coefficient (Wildman–Crippen LogP) is 1.35. The van der Waals surface area contributed by atoms with Crippen molar-refractivity contribution in [1.29, 1.82) is 0 Å². The molecule has 1 saturated heterocycles. The number of nitrogens with zero attached hydrogens (tertiary/aromatic N) is 1. The zero-order valence-corrected chi connectivity index (χ0v) is 11.5. The summed E-state index contributed by atoms with van der Waals surface area (Å²) in [6.45, 7) is 3.79. The minimum atomic E-state index is -3.31. The predicted molar refractivity (Wildman–Crippen MR) is 71.7 cm³/mol. The van der Waals surface area contributed by atoms with Crippen molar-refractivity contribution in [1.82, 2.24) is 4.31 Å². The first-order chi connectivity index (χ1) is 8.54. The lowest BCUT2D eigenvalue weighted by Crippen LogP contribution is -2.29. The van der Waals surface area contributed by atoms with Gasteiger partial charge >= 0.3 is 0 Å². The molecule has 100 valence electrons. The third-order valence-corrected chi connectivity index (χ3v) is 5.36. The van der Waals surface area contributed by atoms with E-state index < -0.39 is 10.0 Å². The van der Waals surface area contributed by atoms with E-state index in [0.717, 1.165) is 18.4 Å². The topological polar surface area (TPSA) is 63.4 Å². The summed E-state index contributed by atoms with van der Waals surface area (Å²) in [6.07, 6.45) is 1.82. The van der Waals surface area contributed by atoms with Gasteiger partial charge in [-0.05, 0) is 44.4 Å². The van der Waals surface area contributed by atoms with Gasteiger partial charge in [0.05, 0.1) is 4.90 Å². The van der Waals surface area contributed by atoms with E-state index in [1.165, 1.54) is 0 Å². The van der Waals surface area contributed by atoms with Crippen LogP contribution in [0.2, 0.25) is 0 Å². The number of sulfonamides is 1. The van der Waals surface area contributed by atoms with E-state index in [-0.39, 0.29) is 0 Å². The monoisotopic (exact) mass is 268 g/mol. The van der Waals surface area contributed by atoms with E-state index in [2.05, 4.69) is 0 Å². The average Bonchev–Trinajstić information content (AvgIpc) is 2.79. The summed E-state index contributed by atoms with van der Waals surface area (Å²) in [7, 11) is -3.31. The van der Waals surface area contributed by atoms with Gasteiger partial charge in [-0.3, -0.25) is 0 Å². The summed E-state index contributed by atoms with van der Waals surface area (Å²) >= 11 is 0. The van der Waals surface area contributed by atoms with Crippen LogP contribution < -0.4 is 5.73 Å². The molecule has 1 aliphatic heterocycles. The van der Waals surface area contributed by atoms with Gasteiger partial charge in [0, 0.05) is 13.1 Å². The molecule has 1 atom stereocenters. The fourth-order valence-corrected chi connectivity index (χ4v) is 3.88. The summed E-state index contributed by atoms with van der Waals surface area (Å²) in [4.78, 5) is 0.390. The lowest BCUT2D eigenvalue weighted by Gasteiger charge is -2.16. The van der Waals surface area contributed by atoms with Crippen LogP contribution in [0.1, 0.15) is 18.4 Å². The van der Waals surface area contributed by atoms with E-state index >= 15 is 0 Å². The molecule has 5 heteroatoms. The summed E-state index contributed by atoms with van der Waals surface area (Å²) in [5.74, 6) is 0.412. The second-order valence-electron chi connectivity index (χ2n) is 4.91. The van der Waals surface area contributed by atoms with Gasteiger partial charge in [-0.15, -0.1) is 0 Å². The van der Waals surface area contributed by atoms with Crippen molar-refractivity contribution in [2.45, 2.75) is 24.7 Å². The molecule has 1 fully saturated rings. The molecular formula is C13H20N2O2S. The fourth-order valence-electron chi connectivity index (χ4n) is 2.35. The van der Waals surface area contributed by atoms with Gasteiger partial charge in [-0.25, -0.2) is 8.42 Å². The van der Waals surface area contributed by atoms with Crippen LogP contribution in [0.4, 0.5) is 0 Å². The number of nitrogens with two attached hydrogens (primary N) is 1. The van der Waals surface area contributed by atoms with Crippen LogP contribution in [0.5, 0.6) is 0 Å². The summed E-state index contributed by atoms with van der Waals surface area (Å²) in [6, 6.07) is 7.03. The fraction of sp³-hybridized carbons (Fsp3) is 0.538. The van der Waals surface area contributed by atoms with Crippen molar-refractivity contribution in [3.8, 4) is 0 Å². The van der Waals surface area contributed by atoms with Crippen LogP contribution in [0.25, 0.3) is 0 Å². The highest BCUT2D eigenvalue weighted by Gasteiger charge is 2.31. The molecule has 0 radical (unpaired) electrons. The van der Waals surface area contributed by atoms with Crippen LogP contribution in [-0.4, -0.2) is 32.4 Å². The molecule has 2 N–H and O–H groups in total. The van der Waals surface area contributed by atoms with Gasteiger partial charge in [-0.1, -0.05) is 17.7 Å². The summed E-state index contributed by atoms with van der Waals surface area (Å²) in [5.41, 5.74) is 6.59. The zero-order valence-electron chi connectivity index (χ0n) is 10.7. The van der Waals surface area contributed by atoms with Gasteiger partial charge in [0.1, 0.15) is 0 Å². The van der Waals surface area contributed by atoms with E-state index in [4.69, 9.17) is 5.73 Å². The first kappa shape index (κ1) is 13.5. The molecule has 0 aliphatic carbocycles. The Morgan fingerprint density at radius 1 is 1.33 bits per heavy atom. The maximum absolute atomic E-state index is 12.4. The van der Waals surface area contributed by atoms with Crippen LogP contribution in [0.3, 0.4) is 0 Å². The standard InChI is InChI=1S/C13H20N2O2S/c1-11-2-4-13(5-3-11)18(16,17)15-9-7-12(10-15)6-8-14/h2-5,12H,6-10,14H2,1H3. The third-order valence-electron chi connectivity index (χ3n) is 3.48. The molecule has 1 aliphatic rings. The smallest absolute Gasteiger partial charge is 0.243 e. The number of aryl methyl sites for hydroxylation is 1. The Kier molecular flexibility index (Phi) is 4.04. The summed E-state index contributed by atoms with van der Waals surface area (Å²) < 4.78 is 26.4. The van der Waals surface area contributed by atoms with Crippen LogP contribution in [0.15, 0.2) is 29.2 Å².